The topological polar surface area (TPSA) is 35.2 Å². The lowest BCUT2D eigenvalue weighted by atomic mass is 10.0. The Morgan fingerprint density at radius 1 is 1.33 bits per heavy atom. The van der Waals surface area contributed by atoms with Gasteiger partial charge < -0.3 is 10.5 Å². The van der Waals surface area contributed by atoms with Crippen LogP contribution in [0.1, 0.15) is 16.7 Å². The van der Waals surface area contributed by atoms with Crippen LogP contribution in [0.4, 0.5) is 13.2 Å². The molecule has 0 aliphatic rings. The number of hydrogen-bond donors (Lipinski definition) is 1. The van der Waals surface area contributed by atoms with Gasteiger partial charge in [0.25, 0.3) is 0 Å². The summed E-state index contributed by atoms with van der Waals surface area (Å²) in [4.78, 5) is 0. The van der Waals surface area contributed by atoms with Crippen molar-refractivity contribution in [3.8, 4) is 5.75 Å². The Bertz CT molecular complexity index is 360. The first kappa shape index (κ1) is 11.8. The molecule has 0 spiro atoms. The maximum absolute atomic E-state index is 12.6. The Kier molecular flexibility index (Phi) is 3.24. The molecule has 0 aliphatic carbocycles. The van der Waals surface area contributed by atoms with Crippen molar-refractivity contribution < 1.29 is 17.9 Å². The second kappa shape index (κ2) is 4.10. The number of aryl methyl sites for hydroxylation is 1. The molecule has 0 amide bonds. The number of methoxy groups -OCH3 is 1. The van der Waals surface area contributed by atoms with E-state index in [4.69, 9.17) is 10.5 Å². The minimum atomic E-state index is -4.39. The van der Waals surface area contributed by atoms with Crippen LogP contribution in [-0.2, 0) is 12.7 Å². The van der Waals surface area contributed by atoms with Crippen LogP contribution in [-0.4, -0.2) is 7.11 Å². The van der Waals surface area contributed by atoms with E-state index >= 15 is 0 Å². The molecule has 0 saturated carbocycles. The van der Waals surface area contributed by atoms with Gasteiger partial charge in [-0.25, -0.2) is 0 Å². The van der Waals surface area contributed by atoms with E-state index in [-0.39, 0.29) is 17.9 Å². The Morgan fingerprint density at radius 3 is 2.33 bits per heavy atom. The van der Waals surface area contributed by atoms with E-state index < -0.39 is 11.7 Å². The largest absolute Gasteiger partial charge is 0.496 e. The van der Waals surface area contributed by atoms with Crippen LogP contribution in [0.2, 0.25) is 0 Å². The van der Waals surface area contributed by atoms with Crippen molar-refractivity contribution in [3.05, 3.63) is 28.8 Å². The zero-order chi connectivity index (χ0) is 11.6. The fourth-order valence-corrected chi connectivity index (χ4v) is 1.40. The molecule has 5 heteroatoms. The molecule has 0 radical (unpaired) electrons. The highest BCUT2D eigenvalue weighted by atomic mass is 19.4. The van der Waals surface area contributed by atoms with Gasteiger partial charge in [0.05, 0.1) is 12.7 Å². The molecule has 0 atom stereocenters. The molecule has 0 aliphatic heterocycles. The molecule has 84 valence electrons. The van der Waals surface area contributed by atoms with E-state index in [0.717, 1.165) is 6.07 Å². The zero-order valence-electron chi connectivity index (χ0n) is 8.48. The van der Waals surface area contributed by atoms with Crippen molar-refractivity contribution in [1.29, 1.82) is 0 Å². The molecular formula is C10H12F3NO. The Labute approximate surface area is 85.8 Å². The van der Waals surface area contributed by atoms with E-state index in [0.29, 0.717) is 5.56 Å². The predicted molar refractivity (Wildman–Crippen MR) is 50.6 cm³/mol. The molecular weight excluding hydrogens is 207 g/mol. The maximum atomic E-state index is 12.6. The third-order valence-electron chi connectivity index (χ3n) is 2.15. The quantitative estimate of drug-likeness (QED) is 0.829. The first-order valence-corrected chi connectivity index (χ1v) is 4.35. The standard InChI is InChI=1S/C10H12F3NO/c1-6-3-7(5-14)8(10(11,12)13)4-9(6)15-2/h3-4H,5,14H2,1-2H3. The number of benzene rings is 1. The van der Waals surface area contributed by atoms with Crippen LogP contribution in [0.3, 0.4) is 0 Å². The summed E-state index contributed by atoms with van der Waals surface area (Å²) >= 11 is 0. The first-order valence-electron chi connectivity index (χ1n) is 4.35. The Balaban J connectivity index is 3.36. The second-order valence-electron chi connectivity index (χ2n) is 3.18. The van der Waals surface area contributed by atoms with Crippen molar-refractivity contribution in [3.63, 3.8) is 0 Å². The van der Waals surface area contributed by atoms with Gasteiger partial charge in [0.15, 0.2) is 0 Å². The maximum Gasteiger partial charge on any atom is 0.416 e. The van der Waals surface area contributed by atoms with Gasteiger partial charge in [0.1, 0.15) is 5.75 Å². The average Bonchev–Trinajstić information content (AvgIpc) is 2.15. The Morgan fingerprint density at radius 2 is 1.93 bits per heavy atom. The molecule has 0 aromatic heterocycles. The molecule has 1 aromatic rings. The van der Waals surface area contributed by atoms with Crippen LogP contribution in [0.5, 0.6) is 5.75 Å². The number of alkyl halides is 3. The highest BCUT2D eigenvalue weighted by molar-refractivity contribution is 5.43. The lowest BCUT2D eigenvalue weighted by molar-refractivity contribution is -0.138. The molecule has 15 heavy (non-hydrogen) atoms. The lowest BCUT2D eigenvalue weighted by Crippen LogP contribution is -2.12. The minimum absolute atomic E-state index is 0.0841. The van der Waals surface area contributed by atoms with Gasteiger partial charge in [-0.3, -0.25) is 0 Å². The van der Waals surface area contributed by atoms with E-state index in [9.17, 15) is 13.2 Å². The van der Waals surface area contributed by atoms with Gasteiger partial charge in [0.2, 0.25) is 0 Å². The third-order valence-corrected chi connectivity index (χ3v) is 2.15. The lowest BCUT2D eigenvalue weighted by Gasteiger charge is -2.15. The summed E-state index contributed by atoms with van der Waals surface area (Å²) in [6.45, 7) is 1.54. The molecule has 2 nitrogen and oxygen atoms in total. The van der Waals surface area contributed by atoms with Crippen molar-refractivity contribution in [2.45, 2.75) is 19.6 Å². The molecule has 0 bridgehead atoms. The summed E-state index contributed by atoms with van der Waals surface area (Å²) < 4.78 is 42.6. The van der Waals surface area contributed by atoms with Crippen LogP contribution in [0, 0.1) is 6.92 Å². The van der Waals surface area contributed by atoms with Gasteiger partial charge in [-0.2, -0.15) is 13.2 Å². The number of rotatable bonds is 2. The predicted octanol–water partition coefficient (Wildman–Crippen LogP) is 2.48. The molecule has 0 saturated heterocycles. The summed E-state index contributed by atoms with van der Waals surface area (Å²) in [5.41, 5.74) is 5.27. The van der Waals surface area contributed by atoms with E-state index in [1.54, 1.807) is 6.92 Å². The number of ether oxygens (including phenoxy) is 1. The molecule has 2 N–H and O–H groups in total. The van der Waals surface area contributed by atoms with Gasteiger partial charge in [-0.1, -0.05) is 6.07 Å². The van der Waals surface area contributed by atoms with Crippen molar-refractivity contribution in [2.24, 2.45) is 5.73 Å². The molecule has 1 rings (SSSR count). The van der Waals surface area contributed by atoms with Crippen LogP contribution in [0.15, 0.2) is 12.1 Å². The van der Waals surface area contributed by atoms with Crippen LogP contribution < -0.4 is 10.5 Å². The van der Waals surface area contributed by atoms with Crippen molar-refractivity contribution >= 4 is 0 Å². The summed E-state index contributed by atoms with van der Waals surface area (Å²) in [5, 5.41) is 0. The SMILES string of the molecule is COc1cc(C(F)(F)F)c(CN)cc1C. The van der Waals surface area contributed by atoms with E-state index in [1.165, 1.54) is 13.2 Å². The highest BCUT2D eigenvalue weighted by Crippen LogP contribution is 2.35. The van der Waals surface area contributed by atoms with E-state index in [2.05, 4.69) is 0 Å². The average molecular weight is 219 g/mol. The van der Waals surface area contributed by atoms with Gasteiger partial charge in [-0.15, -0.1) is 0 Å². The summed E-state index contributed by atoms with van der Waals surface area (Å²) in [6, 6.07) is 2.39. The summed E-state index contributed by atoms with van der Waals surface area (Å²) in [7, 11) is 1.34. The number of nitrogens with two attached hydrogens (primary N) is 1. The first-order chi connectivity index (χ1) is 6.90. The van der Waals surface area contributed by atoms with Crippen molar-refractivity contribution in [1.82, 2.24) is 0 Å². The molecule has 0 fully saturated rings. The fourth-order valence-electron chi connectivity index (χ4n) is 1.40. The minimum Gasteiger partial charge on any atom is -0.496 e. The zero-order valence-corrected chi connectivity index (χ0v) is 8.48. The van der Waals surface area contributed by atoms with Crippen LogP contribution in [0.25, 0.3) is 0 Å². The van der Waals surface area contributed by atoms with Gasteiger partial charge in [-0.05, 0) is 24.1 Å². The van der Waals surface area contributed by atoms with Crippen molar-refractivity contribution in [2.75, 3.05) is 7.11 Å². The van der Waals surface area contributed by atoms with E-state index in [1.807, 2.05) is 0 Å². The fraction of sp³-hybridized carbons (Fsp3) is 0.400. The van der Waals surface area contributed by atoms with Gasteiger partial charge in [0, 0.05) is 6.54 Å². The number of halogens is 3. The summed E-state index contributed by atoms with van der Waals surface area (Å²) in [5.74, 6) is 0.222. The molecule has 1 aromatic carbocycles. The van der Waals surface area contributed by atoms with Crippen LogP contribution >= 0.6 is 0 Å². The normalized spacial score (nSPS) is 11.6. The van der Waals surface area contributed by atoms with Gasteiger partial charge >= 0.3 is 6.18 Å². The molecule has 0 unspecified atom stereocenters. The number of hydrogen-bond acceptors (Lipinski definition) is 2. The third kappa shape index (κ3) is 2.41. The Hall–Kier alpha value is -1.23. The highest BCUT2D eigenvalue weighted by Gasteiger charge is 2.33. The smallest absolute Gasteiger partial charge is 0.416 e. The second-order valence-corrected chi connectivity index (χ2v) is 3.18. The summed E-state index contributed by atoms with van der Waals surface area (Å²) in [6.07, 6.45) is -4.39. The molecule has 0 heterocycles. The monoisotopic (exact) mass is 219 g/mol.